The average molecular weight is 185 g/mol. The lowest BCUT2D eigenvalue weighted by atomic mass is 10.2. The van der Waals surface area contributed by atoms with Crippen molar-refractivity contribution >= 4 is 11.3 Å². The van der Waals surface area contributed by atoms with E-state index in [-0.39, 0.29) is 11.7 Å². The van der Waals surface area contributed by atoms with Gasteiger partial charge >= 0.3 is 0 Å². The molecule has 1 rings (SSSR count). The Morgan fingerprint density at radius 2 is 2.17 bits per heavy atom. The van der Waals surface area contributed by atoms with Gasteiger partial charge in [-0.05, 0) is 27.7 Å². The van der Waals surface area contributed by atoms with Crippen LogP contribution in [0, 0.1) is 0 Å². The van der Waals surface area contributed by atoms with Gasteiger partial charge in [-0.25, -0.2) is 0 Å². The zero-order chi connectivity index (χ0) is 9.19. The zero-order valence-electron chi connectivity index (χ0n) is 8.00. The Bertz CT molecular complexity index is 225. The molecule has 1 unspecified atom stereocenters. The fourth-order valence-electron chi connectivity index (χ4n) is 1.01. The van der Waals surface area contributed by atoms with Crippen molar-refractivity contribution in [1.82, 2.24) is 4.98 Å². The highest BCUT2D eigenvalue weighted by Crippen LogP contribution is 2.25. The molecule has 1 atom stereocenters. The van der Waals surface area contributed by atoms with E-state index in [1.54, 1.807) is 11.3 Å². The first-order chi connectivity index (χ1) is 5.49. The van der Waals surface area contributed by atoms with Crippen LogP contribution in [-0.4, -0.2) is 10.6 Å². The summed E-state index contributed by atoms with van der Waals surface area (Å²) in [5, 5.41) is 0. The first-order valence-corrected chi connectivity index (χ1v) is 4.93. The third-order valence-corrected chi connectivity index (χ3v) is 2.32. The predicted octanol–water partition coefficient (Wildman–Crippen LogP) is 3.02. The normalized spacial score (nSPS) is 14.7. The average Bonchev–Trinajstić information content (AvgIpc) is 2.32. The van der Waals surface area contributed by atoms with Gasteiger partial charge in [-0.3, -0.25) is 4.98 Å². The predicted molar refractivity (Wildman–Crippen MR) is 51.4 cm³/mol. The van der Waals surface area contributed by atoms with Gasteiger partial charge in [0.25, 0.3) is 0 Å². The molecule has 68 valence electrons. The van der Waals surface area contributed by atoms with Crippen LogP contribution in [0.2, 0.25) is 0 Å². The first-order valence-electron chi connectivity index (χ1n) is 4.05. The highest BCUT2D eigenvalue weighted by atomic mass is 32.1. The molecule has 0 fully saturated rings. The third kappa shape index (κ3) is 2.91. The van der Waals surface area contributed by atoms with Gasteiger partial charge in [0.15, 0.2) is 0 Å². The van der Waals surface area contributed by atoms with Gasteiger partial charge in [0.05, 0.1) is 22.1 Å². The number of rotatable bonds is 2. The van der Waals surface area contributed by atoms with Crippen LogP contribution < -0.4 is 0 Å². The molecule has 0 aromatic carbocycles. The molecular weight excluding hydrogens is 170 g/mol. The van der Waals surface area contributed by atoms with Crippen LogP contribution >= 0.6 is 11.3 Å². The molecule has 1 heterocycles. The standard InChI is InChI=1S/C9H15NOS/c1-7(11-9(2,3)4)8-5-10-6-12-8/h5-7H,1-4H3. The van der Waals surface area contributed by atoms with Crippen molar-refractivity contribution < 1.29 is 4.74 Å². The van der Waals surface area contributed by atoms with Gasteiger partial charge in [-0.1, -0.05) is 0 Å². The Morgan fingerprint density at radius 1 is 1.50 bits per heavy atom. The van der Waals surface area contributed by atoms with Crippen molar-refractivity contribution in [2.24, 2.45) is 0 Å². The Labute approximate surface area is 77.6 Å². The van der Waals surface area contributed by atoms with Gasteiger partial charge in [0.1, 0.15) is 0 Å². The second-order valence-electron chi connectivity index (χ2n) is 3.78. The van der Waals surface area contributed by atoms with E-state index in [2.05, 4.69) is 32.7 Å². The number of hydrogen-bond acceptors (Lipinski definition) is 3. The van der Waals surface area contributed by atoms with Crippen LogP contribution in [0.1, 0.15) is 38.7 Å². The van der Waals surface area contributed by atoms with Gasteiger partial charge in [-0.2, -0.15) is 0 Å². The van der Waals surface area contributed by atoms with Crippen LogP contribution in [0.4, 0.5) is 0 Å². The number of nitrogens with zero attached hydrogens (tertiary/aromatic N) is 1. The molecule has 0 spiro atoms. The van der Waals surface area contributed by atoms with Gasteiger partial charge in [0, 0.05) is 6.20 Å². The summed E-state index contributed by atoms with van der Waals surface area (Å²) in [6.45, 7) is 8.23. The summed E-state index contributed by atoms with van der Waals surface area (Å²) >= 11 is 1.64. The second-order valence-corrected chi connectivity index (χ2v) is 4.69. The number of hydrogen-bond donors (Lipinski definition) is 0. The highest BCUT2D eigenvalue weighted by molar-refractivity contribution is 7.09. The molecule has 0 aliphatic rings. The summed E-state index contributed by atoms with van der Waals surface area (Å²) in [6.07, 6.45) is 2.01. The van der Waals surface area contributed by atoms with Crippen LogP contribution in [-0.2, 0) is 4.74 Å². The second kappa shape index (κ2) is 3.54. The van der Waals surface area contributed by atoms with E-state index in [1.165, 1.54) is 4.88 Å². The fourth-order valence-corrected chi connectivity index (χ4v) is 1.62. The minimum Gasteiger partial charge on any atom is -0.367 e. The van der Waals surface area contributed by atoms with Crippen LogP contribution in [0.25, 0.3) is 0 Å². The van der Waals surface area contributed by atoms with Crippen molar-refractivity contribution in [3.8, 4) is 0 Å². The van der Waals surface area contributed by atoms with E-state index < -0.39 is 0 Å². The monoisotopic (exact) mass is 185 g/mol. The lowest BCUT2D eigenvalue weighted by Gasteiger charge is -2.23. The summed E-state index contributed by atoms with van der Waals surface area (Å²) < 4.78 is 5.75. The number of ether oxygens (including phenoxy) is 1. The van der Waals surface area contributed by atoms with Crippen molar-refractivity contribution in [3.63, 3.8) is 0 Å². The minimum absolute atomic E-state index is 0.0800. The van der Waals surface area contributed by atoms with Crippen LogP contribution in [0.5, 0.6) is 0 Å². The molecule has 0 N–H and O–H groups in total. The molecule has 3 heteroatoms. The Morgan fingerprint density at radius 3 is 2.58 bits per heavy atom. The van der Waals surface area contributed by atoms with Crippen LogP contribution in [0.3, 0.4) is 0 Å². The van der Waals surface area contributed by atoms with E-state index in [9.17, 15) is 0 Å². The van der Waals surface area contributed by atoms with Crippen molar-refractivity contribution in [3.05, 3.63) is 16.6 Å². The van der Waals surface area contributed by atoms with E-state index in [4.69, 9.17) is 4.74 Å². The van der Waals surface area contributed by atoms with Gasteiger partial charge < -0.3 is 4.74 Å². The van der Waals surface area contributed by atoms with E-state index in [1.807, 2.05) is 11.7 Å². The maximum atomic E-state index is 5.75. The molecule has 0 bridgehead atoms. The lowest BCUT2D eigenvalue weighted by molar-refractivity contribution is -0.0514. The zero-order valence-corrected chi connectivity index (χ0v) is 8.81. The Balaban J connectivity index is 2.56. The molecule has 12 heavy (non-hydrogen) atoms. The lowest BCUT2D eigenvalue weighted by Crippen LogP contribution is -2.20. The maximum Gasteiger partial charge on any atom is 0.0911 e. The highest BCUT2D eigenvalue weighted by Gasteiger charge is 2.17. The first kappa shape index (κ1) is 9.68. The molecule has 0 saturated heterocycles. The smallest absolute Gasteiger partial charge is 0.0911 e. The summed E-state index contributed by atoms with van der Waals surface area (Å²) in [6, 6.07) is 0. The minimum atomic E-state index is -0.0800. The van der Waals surface area contributed by atoms with E-state index >= 15 is 0 Å². The van der Waals surface area contributed by atoms with Crippen molar-refractivity contribution in [2.45, 2.75) is 39.4 Å². The summed E-state index contributed by atoms with van der Waals surface area (Å²) in [4.78, 5) is 5.20. The van der Waals surface area contributed by atoms with Gasteiger partial charge in [0.2, 0.25) is 0 Å². The van der Waals surface area contributed by atoms with Gasteiger partial charge in [-0.15, -0.1) is 11.3 Å². The molecule has 1 aromatic heterocycles. The maximum absolute atomic E-state index is 5.75. The Hall–Kier alpha value is -0.410. The SMILES string of the molecule is CC(OC(C)(C)C)c1cncs1. The van der Waals surface area contributed by atoms with Crippen LogP contribution in [0.15, 0.2) is 11.7 Å². The molecule has 0 radical (unpaired) electrons. The molecule has 1 aromatic rings. The van der Waals surface area contributed by atoms with Crippen molar-refractivity contribution in [2.75, 3.05) is 0 Å². The largest absolute Gasteiger partial charge is 0.367 e. The topological polar surface area (TPSA) is 22.1 Å². The van der Waals surface area contributed by atoms with E-state index in [0.29, 0.717) is 0 Å². The molecule has 0 amide bonds. The summed E-state index contributed by atoms with van der Waals surface area (Å²) in [5.74, 6) is 0. The van der Waals surface area contributed by atoms with Crippen molar-refractivity contribution in [1.29, 1.82) is 0 Å². The molecule has 0 saturated carbocycles. The molecule has 0 aliphatic heterocycles. The fraction of sp³-hybridized carbons (Fsp3) is 0.667. The summed E-state index contributed by atoms with van der Waals surface area (Å²) in [7, 11) is 0. The summed E-state index contributed by atoms with van der Waals surface area (Å²) in [5.41, 5.74) is 1.75. The molecule has 2 nitrogen and oxygen atoms in total. The molecular formula is C9H15NOS. The van der Waals surface area contributed by atoms with E-state index in [0.717, 1.165) is 0 Å². The Kier molecular flexibility index (Phi) is 2.85. The third-order valence-electron chi connectivity index (χ3n) is 1.38. The number of aromatic nitrogens is 1. The number of thiazole rings is 1. The quantitative estimate of drug-likeness (QED) is 0.706. The molecule has 0 aliphatic carbocycles.